The van der Waals surface area contributed by atoms with Crippen LogP contribution in [0, 0.1) is 0 Å². The molecule has 114 valence electrons. The summed E-state index contributed by atoms with van der Waals surface area (Å²) in [6.45, 7) is 0.376. The lowest BCUT2D eigenvalue weighted by Crippen LogP contribution is -2.22. The highest BCUT2D eigenvalue weighted by molar-refractivity contribution is 7.20. The molecule has 3 aromatic heterocycles. The third kappa shape index (κ3) is 2.76. The van der Waals surface area contributed by atoms with Gasteiger partial charge in [-0.15, -0.1) is 0 Å². The molecule has 0 unspecified atom stereocenters. The standard InChI is InChI=1S/C17H13N3O2S/c21-16(18-11-13-4-3-9-22-13)12-5-6-14-15(10-12)23-17(19-14)20-7-1-2-8-20/h1-10H,11H2,(H,18,21). The highest BCUT2D eigenvalue weighted by Gasteiger charge is 2.10. The number of benzene rings is 1. The fourth-order valence-corrected chi connectivity index (χ4v) is 3.28. The lowest BCUT2D eigenvalue weighted by molar-refractivity contribution is 0.0948. The van der Waals surface area contributed by atoms with Crippen molar-refractivity contribution >= 4 is 27.5 Å². The molecule has 0 radical (unpaired) electrons. The van der Waals surface area contributed by atoms with Gasteiger partial charge >= 0.3 is 0 Å². The molecule has 0 spiro atoms. The van der Waals surface area contributed by atoms with Crippen molar-refractivity contribution in [3.05, 3.63) is 72.4 Å². The Kier molecular flexibility index (Phi) is 3.44. The van der Waals surface area contributed by atoms with Gasteiger partial charge in [0.05, 0.1) is 23.0 Å². The number of fused-ring (bicyclic) bond motifs is 1. The van der Waals surface area contributed by atoms with Crippen LogP contribution >= 0.6 is 11.3 Å². The smallest absolute Gasteiger partial charge is 0.251 e. The zero-order valence-electron chi connectivity index (χ0n) is 12.1. The maximum atomic E-state index is 12.2. The largest absolute Gasteiger partial charge is 0.467 e. The van der Waals surface area contributed by atoms with Crippen molar-refractivity contribution in [2.45, 2.75) is 6.54 Å². The number of nitrogens with one attached hydrogen (secondary N) is 1. The molecule has 0 aliphatic carbocycles. The Morgan fingerprint density at radius 1 is 1.22 bits per heavy atom. The molecule has 1 aromatic carbocycles. The van der Waals surface area contributed by atoms with Crippen LogP contribution < -0.4 is 5.32 Å². The first kappa shape index (κ1) is 13.8. The van der Waals surface area contributed by atoms with E-state index >= 15 is 0 Å². The highest BCUT2D eigenvalue weighted by Crippen LogP contribution is 2.26. The summed E-state index contributed by atoms with van der Waals surface area (Å²) in [5.74, 6) is 0.603. The second-order valence-electron chi connectivity index (χ2n) is 5.03. The molecule has 1 N–H and O–H groups in total. The van der Waals surface area contributed by atoms with Crippen LogP contribution in [0.2, 0.25) is 0 Å². The summed E-state index contributed by atoms with van der Waals surface area (Å²) < 4.78 is 8.15. The van der Waals surface area contributed by atoms with Crippen molar-refractivity contribution in [3.63, 3.8) is 0 Å². The average Bonchev–Trinajstić information content (AvgIpc) is 3.32. The average molecular weight is 323 g/mol. The molecular weight excluding hydrogens is 310 g/mol. The molecule has 0 aliphatic heterocycles. The van der Waals surface area contributed by atoms with Gasteiger partial charge in [0.25, 0.3) is 5.91 Å². The van der Waals surface area contributed by atoms with Gasteiger partial charge in [-0.05, 0) is 42.5 Å². The van der Waals surface area contributed by atoms with Crippen LogP contribution in [0.3, 0.4) is 0 Å². The Labute approximate surface area is 136 Å². The summed E-state index contributed by atoms with van der Waals surface area (Å²) in [6.07, 6.45) is 5.50. The second kappa shape index (κ2) is 5.73. The monoisotopic (exact) mass is 323 g/mol. The topological polar surface area (TPSA) is 60.1 Å². The van der Waals surface area contributed by atoms with Crippen molar-refractivity contribution in [2.24, 2.45) is 0 Å². The number of thiazole rings is 1. The summed E-state index contributed by atoms with van der Waals surface area (Å²) in [5.41, 5.74) is 1.51. The van der Waals surface area contributed by atoms with E-state index in [4.69, 9.17) is 4.42 Å². The van der Waals surface area contributed by atoms with Gasteiger partial charge in [0, 0.05) is 18.0 Å². The number of carbonyl (C=O) groups is 1. The fourth-order valence-electron chi connectivity index (χ4n) is 2.31. The van der Waals surface area contributed by atoms with Crippen LogP contribution in [0.5, 0.6) is 0 Å². The summed E-state index contributed by atoms with van der Waals surface area (Å²) >= 11 is 1.56. The molecule has 5 nitrogen and oxygen atoms in total. The fraction of sp³-hybridized carbons (Fsp3) is 0.0588. The van der Waals surface area contributed by atoms with Crippen molar-refractivity contribution in [1.82, 2.24) is 14.9 Å². The third-order valence-corrected chi connectivity index (χ3v) is 4.50. The number of amides is 1. The Bertz CT molecular complexity index is 940. The van der Waals surface area contributed by atoms with Gasteiger partial charge in [-0.1, -0.05) is 11.3 Å². The lowest BCUT2D eigenvalue weighted by Gasteiger charge is -2.03. The van der Waals surface area contributed by atoms with Crippen LogP contribution in [0.4, 0.5) is 0 Å². The second-order valence-corrected chi connectivity index (χ2v) is 6.04. The van der Waals surface area contributed by atoms with Gasteiger partial charge in [-0.3, -0.25) is 4.79 Å². The molecule has 0 bridgehead atoms. The molecule has 6 heteroatoms. The molecule has 0 fully saturated rings. The van der Waals surface area contributed by atoms with Crippen LogP contribution in [0.25, 0.3) is 15.3 Å². The molecule has 4 rings (SSSR count). The number of furan rings is 1. The van der Waals surface area contributed by atoms with E-state index in [1.54, 1.807) is 29.7 Å². The molecular formula is C17H13N3O2S. The van der Waals surface area contributed by atoms with Gasteiger partial charge < -0.3 is 14.3 Å². The van der Waals surface area contributed by atoms with E-state index < -0.39 is 0 Å². The van der Waals surface area contributed by atoms with Crippen molar-refractivity contribution in [2.75, 3.05) is 0 Å². The summed E-state index contributed by atoms with van der Waals surface area (Å²) in [7, 11) is 0. The maximum absolute atomic E-state index is 12.2. The molecule has 1 amide bonds. The zero-order valence-corrected chi connectivity index (χ0v) is 12.9. The van der Waals surface area contributed by atoms with E-state index in [1.165, 1.54) is 0 Å². The number of hydrogen-bond acceptors (Lipinski definition) is 4. The maximum Gasteiger partial charge on any atom is 0.251 e. The van der Waals surface area contributed by atoms with Gasteiger partial charge in [-0.2, -0.15) is 0 Å². The first-order valence-corrected chi connectivity index (χ1v) is 7.96. The third-order valence-electron chi connectivity index (χ3n) is 3.47. The van der Waals surface area contributed by atoms with Crippen LogP contribution in [-0.4, -0.2) is 15.5 Å². The predicted octanol–water partition coefficient (Wildman–Crippen LogP) is 3.61. The van der Waals surface area contributed by atoms with Crippen molar-refractivity contribution in [3.8, 4) is 5.13 Å². The minimum absolute atomic E-state index is 0.126. The van der Waals surface area contributed by atoms with Gasteiger partial charge in [-0.25, -0.2) is 4.98 Å². The molecule has 0 atom stereocenters. The van der Waals surface area contributed by atoms with Gasteiger partial charge in [0.2, 0.25) is 0 Å². The number of carbonyl (C=O) groups excluding carboxylic acids is 1. The number of aromatic nitrogens is 2. The quantitative estimate of drug-likeness (QED) is 0.624. The first-order valence-electron chi connectivity index (χ1n) is 7.14. The van der Waals surface area contributed by atoms with E-state index in [-0.39, 0.29) is 5.91 Å². The van der Waals surface area contributed by atoms with Crippen molar-refractivity contribution in [1.29, 1.82) is 0 Å². The minimum atomic E-state index is -0.126. The van der Waals surface area contributed by atoms with E-state index in [9.17, 15) is 4.79 Å². The van der Waals surface area contributed by atoms with E-state index in [1.807, 2.05) is 47.3 Å². The molecule has 0 saturated heterocycles. The minimum Gasteiger partial charge on any atom is -0.467 e. The van der Waals surface area contributed by atoms with E-state index in [2.05, 4.69) is 10.3 Å². The Hall–Kier alpha value is -2.86. The molecule has 4 aromatic rings. The molecule has 23 heavy (non-hydrogen) atoms. The Morgan fingerprint density at radius 3 is 2.87 bits per heavy atom. The first-order chi connectivity index (χ1) is 11.3. The SMILES string of the molecule is O=C(NCc1ccco1)c1ccc2nc(-n3cccc3)sc2c1. The summed E-state index contributed by atoms with van der Waals surface area (Å²) in [4.78, 5) is 16.8. The molecule has 3 heterocycles. The predicted molar refractivity (Wildman–Crippen MR) is 88.8 cm³/mol. The molecule has 0 saturated carbocycles. The normalized spacial score (nSPS) is 11.0. The van der Waals surface area contributed by atoms with E-state index in [0.29, 0.717) is 12.1 Å². The van der Waals surface area contributed by atoms with Crippen molar-refractivity contribution < 1.29 is 9.21 Å². The van der Waals surface area contributed by atoms with Gasteiger partial charge in [0.15, 0.2) is 5.13 Å². The summed E-state index contributed by atoms with van der Waals surface area (Å²) in [6, 6.07) is 13.1. The van der Waals surface area contributed by atoms with Crippen LogP contribution in [-0.2, 0) is 6.54 Å². The van der Waals surface area contributed by atoms with Crippen LogP contribution in [0.15, 0.2) is 65.5 Å². The zero-order chi connectivity index (χ0) is 15.6. The Morgan fingerprint density at radius 2 is 2.09 bits per heavy atom. The highest BCUT2D eigenvalue weighted by atomic mass is 32.1. The van der Waals surface area contributed by atoms with E-state index in [0.717, 1.165) is 21.1 Å². The molecule has 0 aliphatic rings. The number of rotatable bonds is 4. The number of hydrogen-bond donors (Lipinski definition) is 1. The summed E-state index contributed by atoms with van der Waals surface area (Å²) in [5, 5.41) is 3.73. The van der Waals surface area contributed by atoms with Gasteiger partial charge in [0.1, 0.15) is 5.76 Å². The lowest BCUT2D eigenvalue weighted by atomic mass is 10.2. The Balaban J connectivity index is 1.57. The number of nitrogens with zero attached hydrogens (tertiary/aromatic N) is 2. The van der Waals surface area contributed by atoms with Crippen LogP contribution in [0.1, 0.15) is 16.1 Å².